The molecule has 5 nitrogen and oxygen atoms in total. The Morgan fingerprint density at radius 1 is 1.04 bits per heavy atom. The first kappa shape index (κ1) is 16.7. The van der Waals surface area contributed by atoms with Crippen molar-refractivity contribution in [1.29, 1.82) is 0 Å². The molecule has 118 valence electrons. The highest BCUT2D eigenvalue weighted by atomic mass is 35.5. The standard InChI is InChI=1S/C17H16ClN3O2/c1-11(13-6-5-7-14(10-13)19-12(2)22)20-21-17(23)15-8-3-4-9-16(15)18/h3-10H,1-2H3,(H,19,22)(H,21,23)/b20-11-. The summed E-state index contributed by atoms with van der Waals surface area (Å²) in [6.45, 7) is 3.21. The van der Waals surface area contributed by atoms with Gasteiger partial charge in [-0.2, -0.15) is 5.10 Å². The first-order chi connectivity index (χ1) is 11.0. The van der Waals surface area contributed by atoms with Crippen molar-refractivity contribution in [3.63, 3.8) is 0 Å². The number of hydrogen-bond donors (Lipinski definition) is 2. The van der Waals surface area contributed by atoms with Crippen LogP contribution >= 0.6 is 11.6 Å². The summed E-state index contributed by atoms with van der Waals surface area (Å²) in [5.74, 6) is -0.531. The molecule has 0 unspecified atom stereocenters. The van der Waals surface area contributed by atoms with Gasteiger partial charge in [0.05, 0.1) is 16.3 Å². The summed E-state index contributed by atoms with van der Waals surface area (Å²) in [6.07, 6.45) is 0. The van der Waals surface area contributed by atoms with E-state index in [0.29, 0.717) is 22.0 Å². The van der Waals surface area contributed by atoms with Gasteiger partial charge in [0.2, 0.25) is 5.91 Å². The largest absolute Gasteiger partial charge is 0.326 e. The zero-order chi connectivity index (χ0) is 16.8. The molecule has 2 amide bonds. The lowest BCUT2D eigenvalue weighted by molar-refractivity contribution is -0.114. The van der Waals surface area contributed by atoms with Crippen molar-refractivity contribution in [1.82, 2.24) is 5.43 Å². The van der Waals surface area contributed by atoms with E-state index in [1.807, 2.05) is 6.07 Å². The van der Waals surface area contributed by atoms with E-state index in [4.69, 9.17) is 11.6 Å². The van der Waals surface area contributed by atoms with Crippen molar-refractivity contribution in [3.8, 4) is 0 Å². The van der Waals surface area contributed by atoms with Crippen molar-refractivity contribution in [3.05, 3.63) is 64.7 Å². The molecule has 0 radical (unpaired) electrons. The number of benzene rings is 2. The fraction of sp³-hybridized carbons (Fsp3) is 0.118. The molecule has 2 N–H and O–H groups in total. The highest BCUT2D eigenvalue weighted by Crippen LogP contribution is 2.15. The molecule has 6 heteroatoms. The molecule has 0 aliphatic rings. The smallest absolute Gasteiger partial charge is 0.272 e. The molecule has 0 aliphatic heterocycles. The highest BCUT2D eigenvalue weighted by molar-refractivity contribution is 6.33. The number of nitrogens with one attached hydrogen (secondary N) is 2. The van der Waals surface area contributed by atoms with Gasteiger partial charge in [0.25, 0.3) is 5.91 Å². The van der Waals surface area contributed by atoms with Crippen molar-refractivity contribution in [2.24, 2.45) is 5.10 Å². The molecule has 2 rings (SSSR count). The molecule has 0 heterocycles. The third kappa shape index (κ3) is 4.66. The van der Waals surface area contributed by atoms with Gasteiger partial charge in [-0.1, -0.05) is 35.9 Å². The number of nitrogens with zero attached hydrogens (tertiary/aromatic N) is 1. The molecule has 2 aromatic rings. The van der Waals surface area contributed by atoms with E-state index in [0.717, 1.165) is 5.56 Å². The summed E-state index contributed by atoms with van der Waals surface area (Å²) in [4.78, 5) is 23.1. The Balaban J connectivity index is 2.12. The molecular weight excluding hydrogens is 314 g/mol. The topological polar surface area (TPSA) is 70.6 Å². The van der Waals surface area contributed by atoms with E-state index in [-0.39, 0.29) is 11.8 Å². The van der Waals surface area contributed by atoms with Crippen LogP contribution in [0.15, 0.2) is 53.6 Å². The lowest BCUT2D eigenvalue weighted by Gasteiger charge is -2.06. The van der Waals surface area contributed by atoms with E-state index in [9.17, 15) is 9.59 Å². The van der Waals surface area contributed by atoms with Crippen molar-refractivity contribution in [2.75, 3.05) is 5.32 Å². The SMILES string of the molecule is CC(=O)Nc1cccc(/C(C)=N\NC(=O)c2ccccc2Cl)c1. The maximum Gasteiger partial charge on any atom is 0.272 e. The van der Waals surface area contributed by atoms with Crippen LogP contribution in [0.2, 0.25) is 5.02 Å². The Hall–Kier alpha value is -2.66. The second-order valence-corrected chi connectivity index (χ2v) is 5.29. The molecule has 0 atom stereocenters. The van der Waals surface area contributed by atoms with E-state index >= 15 is 0 Å². The van der Waals surface area contributed by atoms with Crippen LogP contribution in [-0.4, -0.2) is 17.5 Å². The van der Waals surface area contributed by atoms with Gasteiger partial charge in [-0.25, -0.2) is 5.43 Å². The zero-order valence-corrected chi connectivity index (χ0v) is 13.5. The van der Waals surface area contributed by atoms with Crippen LogP contribution in [0.5, 0.6) is 0 Å². The van der Waals surface area contributed by atoms with E-state index in [1.54, 1.807) is 49.4 Å². The minimum Gasteiger partial charge on any atom is -0.326 e. The Bertz CT molecular complexity index is 772. The van der Waals surface area contributed by atoms with Gasteiger partial charge in [-0.15, -0.1) is 0 Å². The fourth-order valence-corrected chi connectivity index (χ4v) is 2.15. The van der Waals surface area contributed by atoms with Crippen LogP contribution in [0, 0.1) is 0 Å². The molecule has 0 aliphatic carbocycles. The minimum atomic E-state index is -0.382. The van der Waals surface area contributed by atoms with Gasteiger partial charge < -0.3 is 5.32 Å². The monoisotopic (exact) mass is 329 g/mol. The number of anilines is 1. The number of carbonyl (C=O) groups is 2. The summed E-state index contributed by atoms with van der Waals surface area (Å²) in [6, 6.07) is 13.9. The zero-order valence-electron chi connectivity index (χ0n) is 12.8. The Labute approximate surface area is 139 Å². The number of halogens is 1. The normalized spacial score (nSPS) is 11.0. The minimum absolute atomic E-state index is 0.149. The summed E-state index contributed by atoms with van der Waals surface area (Å²) < 4.78 is 0. The van der Waals surface area contributed by atoms with Crippen molar-refractivity contribution < 1.29 is 9.59 Å². The first-order valence-corrected chi connectivity index (χ1v) is 7.32. The van der Waals surface area contributed by atoms with Crippen LogP contribution in [0.3, 0.4) is 0 Å². The summed E-state index contributed by atoms with van der Waals surface area (Å²) in [5, 5.41) is 7.14. The van der Waals surface area contributed by atoms with Crippen LogP contribution in [0.25, 0.3) is 0 Å². The molecule has 0 spiro atoms. The van der Waals surface area contributed by atoms with Gasteiger partial charge in [-0.05, 0) is 36.8 Å². The van der Waals surface area contributed by atoms with Gasteiger partial charge in [0.15, 0.2) is 0 Å². The van der Waals surface area contributed by atoms with Gasteiger partial charge in [0, 0.05) is 12.6 Å². The van der Waals surface area contributed by atoms with E-state index in [1.165, 1.54) is 6.92 Å². The third-order valence-electron chi connectivity index (χ3n) is 3.04. The summed E-state index contributed by atoms with van der Waals surface area (Å²) in [5.41, 5.74) is 4.90. The second-order valence-electron chi connectivity index (χ2n) is 4.88. The quantitative estimate of drug-likeness (QED) is 0.666. The first-order valence-electron chi connectivity index (χ1n) is 6.94. The number of hydrogen-bond acceptors (Lipinski definition) is 3. The van der Waals surface area contributed by atoms with Crippen LogP contribution in [0.4, 0.5) is 5.69 Å². The predicted molar refractivity (Wildman–Crippen MR) is 91.9 cm³/mol. The average molecular weight is 330 g/mol. The van der Waals surface area contributed by atoms with E-state index < -0.39 is 0 Å². The summed E-state index contributed by atoms with van der Waals surface area (Å²) >= 11 is 5.97. The fourth-order valence-electron chi connectivity index (χ4n) is 1.93. The Morgan fingerprint density at radius 2 is 1.78 bits per heavy atom. The van der Waals surface area contributed by atoms with Crippen molar-refractivity contribution in [2.45, 2.75) is 13.8 Å². The molecule has 0 aromatic heterocycles. The number of hydrazone groups is 1. The molecule has 0 saturated carbocycles. The maximum atomic E-state index is 12.1. The molecule has 0 fully saturated rings. The third-order valence-corrected chi connectivity index (χ3v) is 3.37. The molecule has 23 heavy (non-hydrogen) atoms. The average Bonchev–Trinajstić information content (AvgIpc) is 2.52. The van der Waals surface area contributed by atoms with Gasteiger partial charge >= 0.3 is 0 Å². The van der Waals surface area contributed by atoms with Gasteiger partial charge in [-0.3, -0.25) is 9.59 Å². The van der Waals surface area contributed by atoms with E-state index in [2.05, 4.69) is 15.8 Å². The number of carbonyl (C=O) groups excluding carboxylic acids is 2. The lowest BCUT2D eigenvalue weighted by atomic mass is 10.1. The highest BCUT2D eigenvalue weighted by Gasteiger charge is 2.09. The molecule has 2 aromatic carbocycles. The van der Waals surface area contributed by atoms with Crippen LogP contribution in [-0.2, 0) is 4.79 Å². The lowest BCUT2D eigenvalue weighted by Crippen LogP contribution is -2.19. The Morgan fingerprint density at radius 3 is 2.48 bits per heavy atom. The maximum absolute atomic E-state index is 12.1. The molecule has 0 saturated heterocycles. The van der Waals surface area contributed by atoms with Crippen LogP contribution in [0.1, 0.15) is 29.8 Å². The number of amides is 2. The predicted octanol–water partition coefficient (Wildman–Crippen LogP) is 3.45. The Kier molecular flexibility index (Phi) is 5.49. The van der Waals surface area contributed by atoms with Crippen molar-refractivity contribution >= 4 is 34.8 Å². The summed E-state index contributed by atoms with van der Waals surface area (Å²) in [7, 11) is 0. The van der Waals surface area contributed by atoms with Crippen LogP contribution < -0.4 is 10.7 Å². The molecule has 0 bridgehead atoms. The molecular formula is C17H16ClN3O2. The second kappa shape index (κ2) is 7.56. The number of rotatable bonds is 4. The van der Waals surface area contributed by atoms with Gasteiger partial charge in [0.1, 0.15) is 0 Å².